The summed E-state index contributed by atoms with van der Waals surface area (Å²) < 4.78 is 25.6. The molecule has 0 saturated carbocycles. The van der Waals surface area contributed by atoms with Crippen LogP contribution in [0.2, 0.25) is 0 Å². The van der Waals surface area contributed by atoms with Gasteiger partial charge in [0.2, 0.25) is 11.7 Å². The average molecular weight is 451 g/mol. The maximum Gasteiger partial charge on any atom is 0.229 e. The van der Waals surface area contributed by atoms with Crippen molar-refractivity contribution in [2.75, 3.05) is 0 Å². The van der Waals surface area contributed by atoms with Gasteiger partial charge in [-0.2, -0.15) is 4.98 Å². The van der Waals surface area contributed by atoms with Crippen LogP contribution in [0.4, 0.5) is 4.39 Å². The summed E-state index contributed by atoms with van der Waals surface area (Å²) in [5.74, 6) is 1.12. The molecule has 2 atom stereocenters. The maximum absolute atomic E-state index is 14.2. The molecule has 0 N–H and O–H groups in total. The largest absolute Gasteiger partial charge is 0.486 e. The van der Waals surface area contributed by atoms with Crippen LogP contribution in [-0.4, -0.2) is 33.8 Å². The van der Waals surface area contributed by atoms with E-state index in [1.807, 2.05) is 45.0 Å². The van der Waals surface area contributed by atoms with E-state index in [4.69, 9.17) is 14.1 Å². The van der Waals surface area contributed by atoms with Gasteiger partial charge in [0.1, 0.15) is 17.7 Å². The molecule has 2 aromatic carbocycles. The van der Waals surface area contributed by atoms with Crippen molar-refractivity contribution in [3.8, 4) is 17.1 Å². The highest BCUT2D eigenvalue weighted by Crippen LogP contribution is 2.27. The Morgan fingerprint density at radius 2 is 1.91 bits per heavy atom. The van der Waals surface area contributed by atoms with E-state index in [0.717, 1.165) is 5.56 Å². The van der Waals surface area contributed by atoms with Crippen LogP contribution >= 0.6 is 0 Å². The third kappa shape index (κ3) is 4.94. The zero-order valence-electron chi connectivity index (χ0n) is 19.0. The first kappa shape index (κ1) is 22.6. The quantitative estimate of drug-likeness (QED) is 0.417. The second-order valence-corrected chi connectivity index (χ2v) is 8.34. The Morgan fingerprint density at radius 1 is 1.18 bits per heavy atom. The Labute approximate surface area is 191 Å². The fraction of sp³-hybridized carbons (Fsp3) is 0.360. The number of carbonyl (C=O) groups is 1. The lowest BCUT2D eigenvalue weighted by Gasteiger charge is -2.22. The van der Waals surface area contributed by atoms with Gasteiger partial charge in [-0.1, -0.05) is 37.1 Å². The van der Waals surface area contributed by atoms with Crippen LogP contribution in [-0.2, 0) is 4.84 Å². The maximum atomic E-state index is 14.2. The Morgan fingerprint density at radius 3 is 2.52 bits per heavy atom. The molecule has 0 radical (unpaired) electrons. The van der Waals surface area contributed by atoms with Crippen molar-refractivity contribution in [3.05, 3.63) is 65.3 Å². The summed E-state index contributed by atoms with van der Waals surface area (Å²) in [6, 6.07) is 12.0. The highest BCUT2D eigenvalue weighted by Gasteiger charge is 2.31. The molecule has 33 heavy (non-hydrogen) atoms. The van der Waals surface area contributed by atoms with E-state index in [1.54, 1.807) is 6.07 Å². The molecule has 1 aliphatic rings. The lowest BCUT2D eigenvalue weighted by atomic mass is 9.99. The van der Waals surface area contributed by atoms with Crippen LogP contribution in [0.25, 0.3) is 11.4 Å². The SMILES string of the molecule is CCC(Oc1ccc(-c2noc(C(C)C)n2)cc1)C1CC(c2ccc(C(C)=O)c(F)c2)=NO1. The topological polar surface area (TPSA) is 86.8 Å². The fourth-order valence-electron chi connectivity index (χ4n) is 3.61. The van der Waals surface area contributed by atoms with Gasteiger partial charge in [-0.25, -0.2) is 4.39 Å². The number of ether oxygens (including phenoxy) is 1. The Balaban J connectivity index is 1.40. The normalized spacial score (nSPS) is 16.4. The first-order chi connectivity index (χ1) is 15.9. The third-order valence-electron chi connectivity index (χ3n) is 5.53. The van der Waals surface area contributed by atoms with Crippen molar-refractivity contribution < 1.29 is 23.3 Å². The molecule has 172 valence electrons. The molecule has 1 aromatic heterocycles. The summed E-state index contributed by atoms with van der Waals surface area (Å²) in [5, 5.41) is 8.17. The van der Waals surface area contributed by atoms with E-state index in [0.29, 0.717) is 41.6 Å². The number of Topliss-reactive ketones (excluding diaryl/α,β-unsaturated/α-hetero) is 1. The van der Waals surface area contributed by atoms with Gasteiger partial charge in [0.05, 0.1) is 11.3 Å². The van der Waals surface area contributed by atoms with Gasteiger partial charge in [-0.05, 0) is 49.7 Å². The Bertz CT molecular complexity index is 1170. The Hall–Kier alpha value is -3.55. The summed E-state index contributed by atoms with van der Waals surface area (Å²) in [5.41, 5.74) is 2.13. The highest BCUT2D eigenvalue weighted by molar-refractivity contribution is 6.02. The zero-order chi connectivity index (χ0) is 23.5. The number of rotatable bonds is 8. The predicted molar refractivity (Wildman–Crippen MR) is 121 cm³/mol. The number of oxime groups is 1. The molecule has 7 nitrogen and oxygen atoms in total. The molecule has 8 heteroatoms. The summed E-state index contributed by atoms with van der Waals surface area (Å²) in [6.45, 7) is 7.34. The van der Waals surface area contributed by atoms with Gasteiger partial charge in [-0.15, -0.1) is 0 Å². The monoisotopic (exact) mass is 451 g/mol. The molecule has 3 aromatic rings. The number of ketones is 1. The zero-order valence-corrected chi connectivity index (χ0v) is 19.0. The van der Waals surface area contributed by atoms with Crippen molar-refractivity contribution in [3.63, 3.8) is 0 Å². The summed E-state index contributed by atoms with van der Waals surface area (Å²) in [6.07, 6.45) is 0.647. The smallest absolute Gasteiger partial charge is 0.229 e. The van der Waals surface area contributed by atoms with E-state index in [2.05, 4.69) is 15.3 Å². The van der Waals surface area contributed by atoms with E-state index >= 15 is 0 Å². The average Bonchev–Trinajstić information content (AvgIpc) is 3.48. The molecular weight excluding hydrogens is 425 g/mol. The van der Waals surface area contributed by atoms with Gasteiger partial charge >= 0.3 is 0 Å². The molecule has 0 saturated heterocycles. The van der Waals surface area contributed by atoms with Crippen molar-refractivity contribution in [2.24, 2.45) is 5.16 Å². The minimum atomic E-state index is -0.559. The van der Waals surface area contributed by atoms with Crippen LogP contribution in [0, 0.1) is 5.82 Å². The van der Waals surface area contributed by atoms with Gasteiger partial charge in [0.25, 0.3) is 0 Å². The van der Waals surface area contributed by atoms with Crippen molar-refractivity contribution >= 4 is 11.5 Å². The standard InChI is InChI=1S/C25H26FN3O4/c1-5-22(23-13-21(28-32-23)17-8-11-19(15(4)30)20(26)12-17)31-18-9-6-16(7-10-18)24-27-25(14(2)3)33-29-24/h6-12,14,22-23H,5,13H2,1-4H3. The van der Waals surface area contributed by atoms with Gasteiger partial charge < -0.3 is 14.1 Å². The Kier molecular flexibility index (Phi) is 6.53. The molecule has 0 spiro atoms. The van der Waals surface area contributed by atoms with Crippen LogP contribution < -0.4 is 4.74 Å². The van der Waals surface area contributed by atoms with Crippen LogP contribution in [0.15, 0.2) is 52.1 Å². The minimum absolute atomic E-state index is 0.0641. The first-order valence-electron chi connectivity index (χ1n) is 11.0. The molecule has 0 aliphatic carbocycles. The second kappa shape index (κ2) is 9.52. The highest BCUT2D eigenvalue weighted by atomic mass is 19.1. The van der Waals surface area contributed by atoms with Crippen LogP contribution in [0.3, 0.4) is 0 Å². The number of halogens is 1. The molecule has 1 aliphatic heterocycles. The number of benzene rings is 2. The first-order valence-corrected chi connectivity index (χ1v) is 11.0. The molecule has 4 rings (SSSR count). The summed E-state index contributed by atoms with van der Waals surface area (Å²) in [4.78, 5) is 21.5. The minimum Gasteiger partial charge on any atom is -0.486 e. The summed E-state index contributed by atoms with van der Waals surface area (Å²) >= 11 is 0. The number of hydrogen-bond donors (Lipinski definition) is 0. The van der Waals surface area contributed by atoms with E-state index in [9.17, 15) is 9.18 Å². The number of aromatic nitrogens is 2. The lowest BCUT2D eigenvalue weighted by Crippen LogP contribution is -2.31. The van der Waals surface area contributed by atoms with Crippen LogP contribution in [0.1, 0.15) is 68.3 Å². The van der Waals surface area contributed by atoms with E-state index in [1.165, 1.54) is 19.1 Å². The van der Waals surface area contributed by atoms with Crippen molar-refractivity contribution in [2.45, 2.75) is 58.7 Å². The lowest BCUT2D eigenvalue weighted by molar-refractivity contribution is -0.00570. The number of nitrogens with zero attached hydrogens (tertiary/aromatic N) is 3. The number of carbonyl (C=O) groups excluding carboxylic acids is 1. The van der Waals surface area contributed by atoms with Crippen LogP contribution in [0.5, 0.6) is 5.75 Å². The molecule has 0 fully saturated rings. The molecular formula is C25H26FN3O4. The van der Waals surface area contributed by atoms with Crippen molar-refractivity contribution in [1.82, 2.24) is 10.1 Å². The second-order valence-electron chi connectivity index (χ2n) is 8.34. The van der Waals surface area contributed by atoms with Crippen molar-refractivity contribution in [1.29, 1.82) is 0 Å². The molecule has 2 heterocycles. The molecule has 0 amide bonds. The summed E-state index contributed by atoms with van der Waals surface area (Å²) in [7, 11) is 0. The van der Waals surface area contributed by atoms with Gasteiger partial charge in [0.15, 0.2) is 11.9 Å². The molecule has 2 unspecified atom stereocenters. The fourth-order valence-corrected chi connectivity index (χ4v) is 3.61. The van der Waals surface area contributed by atoms with Gasteiger partial charge in [-0.3, -0.25) is 4.79 Å². The molecule has 0 bridgehead atoms. The van der Waals surface area contributed by atoms with E-state index < -0.39 is 5.82 Å². The van der Waals surface area contributed by atoms with E-state index in [-0.39, 0.29) is 29.5 Å². The van der Waals surface area contributed by atoms with Gasteiger partial charge in [0, 0.05) is 23.5 Å². The third-order valence-corrected chi connectivity index (χ3v) is 5.53. The number of hydrogen-bond acceptors (Lipinski definition) is 7. The predicted octanol–water partition coefficient (Wildman–Crippen LogP) is 5.55.